The van der Waals surface area contributed by atoms with Crippen molar-refractivity contribution in [2.75, 3.05) is 0 Å². The number of hydrogen-bond donors (Lipinski definition) is 3. The van der Waals surface area contributed by atoms with Gasteiger partial charge in [0, 0.05) is 28.2 Å². The quantitative estimate of drug-likeness (QED) is 0.607. The zero-order chi connectivity index (χ0) is 22.1. The Hall–Kier alpha value is -2.08. The van der Waals surface area contributed by atoms with E-state index in [0.29, 0.717) is 27.6 Å². The molecule has 1 amide bonds. The number of carbonyl (C=O) groups is 1. The summed E-state index contributed by atoms with van der Waals surface area (Å²) in [7, 11) is 0. The number of benzene rings is 2. The van der Waals surface area contributed by atoms with E-state index >= 15 is 0 Å². The summed E-state index contributed by atoms with van der Waals surface area (Å²) in [5.74, 6) is 0.822. The summed E-state index contributed by atoms with van der Waals surface area (Å²) in [5.41, 5.74) is 1.07. The number of hydrogen-bond acceptors (Lipinski definition) is 4. The van der Waals surface area contributed by atoms with Crippen molar-refractivity contribution in [1.82, 2.24) is 10.6 Å². The summed E-state index contributed by atoms with van der Waals surface area (Å²) in [5, 5.41) is 17.0. The topological polar surface area (TPSA) is 70.6 Å². The molecule has 0 aliphatic carbocycles. The molecule has 1 unspecified atom stereocenters. The Morgan fingerprint density at radius 2 is 1.77 bits per heavy atom. The third kappa shape index (κ3) is 5.54. The van der Waals surface area contributed by atoms with E-state index in [9.17, 15) is 9.90 Å². The highest BCUT2D eigenvalue weighted by molar-refractivity contribution is 6.32. The van der Waals surface area contributed by atoms with Crippen molar-refractivity contribution >= 4 is 17.5 Å². The Kier molecular flexibility index (Phi) is 6.46. The molecule has 0 spiro atoms. The highest BCUT2D eigenvalue weighted by atomic mass is 35.5. The van der Waals surface area contributed by atoms with Gasteiger partial charge in [0.1, 0.15) is 11.5 Å². The lowest BCUT2D eigenvalue weighted by Crippen LogP contribution is -2.62. The first-order valence-corrected chi connectivity index (χ1v) is 10.7. The number of piperidine rings is 1. The van der Waals surface area contributed by atoms with Gasteiger partial charge in [0.05, 0.1) is 11.1 Å². The molecule has 3 N–H and O–H groups in total. The number of amides is 1. The molecule has 1 fully saturated rings. The van der Waals surface area contributed by atoms with E-state index in [1.807, 2.05) is 12.1 Å². The molecule has 6 heteroatoms. The van der Waals surface area contributed by atoms with E-state index in [0.717, 1.165) is 12.8 Å². The van der Waals surface area contributed by atoms with Gasteiger partial charge in [-0.1, -0.05) is 29.8 Å². The molecule has 1 saturated heterocycles. The molecular weight excluding hydrogens is 400 g/mol. The van der Waals surface area contributed by atoms with Crippen LogP contribution in [0.15, 0.2) is 42.5 Å². The van der Waals surface area contributed by atoms with Gasteiger partial charge in [-0.15, -0.1) is 0 Å². The number of ether oxygens (including phenoxy) is 1. The van der Waals surface area contributed by atoms with Gasteiger partial charge >= 0.3 is 0 Å². The van der Waals surface area contributed by atoms with E-state index in [1.165, 1.54) is 0 Å². The Morgan fingerprint density at radius 3 is 2.37 bits per heavy atom. The molecule has 162 valence electrons. The van der Waals surface area contributed by atoms with Crippen LogP contribution in [0, 0.1) is 0 Å². The Morgan fingerprint density at radius 1 is 1.13 bits per heavy atom. The van der Waals surface area contributed by atoms with Crippen LogP contribution < -0.4 is 15.4 Å². The molecule has 2 aromatic rings. The van der Waals surface area contributed by atoms with E-state index in [-0.39, 0.29) is 23.0 Å². The van der Waals surface area contributed by atoms with Crippen molar-refractivity contribution in [3.63, 3.8) is 0 Å². The lowest BCUT2D eigenvalue weighted by Gasteiger charge is -2.46. The van der Waals surface area contributed by atoms with Gasteiger partial charge in [-0.05, 0) is 71.7 Å². The van der Waals surface area contributed by atoms with Crippen LogP contribution in [-0.2, 0) is 0 Å². The second kappa shape index (κ2) is 8.58. The van der Waals surface area contributed by atoms with Crippen molar-refractivity contribution in [3.8, 4) is 11.5 Å². The van der Waals surface area contributed by atoms with Crippen LogP contribution in [-0.4, -0.2) is 28.1 Å². The van der Waals surface area contributed by atoms with Gasteiger partial charge in [0.2, 0.25) is 0 Å². The minimum Gasteiger partial charge on any atom is -0.455 e. The summed E-state index contributed by atoms with van der Waals surface area (Å²) in [6.45, 7) is 10.3. The van der Waals surface area contributed by atoms with Gasteiger partial charge in [0.25, 0.3) is 5.91 Å². The van der Waals surface area contributed by atoms with E-state index in [2.05, 4.69) is 38.3 Å². The molecule has 0 radical (unpaired) electrons. The molecule has 0 saturated carbocycles. The average Bonchev–Trinajstić information content (AvgIpc) is 2.60. The van der Waals surface area contributed by atoms with Crippen LogP contribution in [0.25, 0.3) is 0 Å². The largest absolute Gasteiger partial charge is 0.455 e. The first kappa shape index (κ1) is 22.6. The molecule has 0 bridgehead atoms. The molecular formula is C24H31ClN2O3. The summed E-state index contributed by atoms with van der Waals surface area (Å²) in [6, 6.07) is 12.3. The normalized spacial score (nSPS) is 19.2. The van der Waals surface area contributed by atoms with Crippen molar-refractivity contribution < 1.29 is 14.6 Å². The number of rotatable bonds is 5. The van der Waals surface area contributed by atoms with E-state index < -0.39 is 6.10 Å². The smallest absolute Gasteiger partial charge is 0.251 e. The Bertz CT molecular complexity index is 908. The lowest BCUT2D eigenvalue weighted by atomic mass is 9.79. The van der Waals surface area contributed by atoms with Crippen molar-refractivity contribution in [1.29, 1.82) is 0 Å². The van der Waals surface area contributed by atoms with Crippen LogP contribution in [0.2, 0.25) is 5.02 Å². The maximum absolute atomic E-state index is 12.8. The number of aliphatic hydroxyl groups excluding tert-OH is 1. The number of para-hydroxylation sites is 1. The zero-order valence-electron chi connectivity index (χ0n) is 18.3. The summed E-state index contributed by atoms with van der Waals surface area (Å²) < 4.78 is 5.91. The summed E-state index contributed by atoms with van der Waals surface area (Å²) in [4.78, 5) is 12.8. The SMILES string of the molecule is CC(O)c1ccccc1Oc1ccc(C(=O)NC2CC(C)(C)NC(C)(C)C2)cc1Cl. The fourth-order valence-corrected chi connectivity index (χ4v) is 4.67. The number of aliphatic hydroxyl groups is 1. The monoisotopic (exact) mass is 430 g/mol. The molecule has 1 aliphatic heterocycles. The first-order chi connectivity index (χ1) is 14.0. The minimum absolute atomic E-state index is 0.0493. The van der Waals surface area contributed by atoms with Crippen LogP contribution in [0.5, 0.6) is 11.5 Å². The molecule has 1 atom stereocenters. The van der Waals surface area contributed by atoms with Gasteiger partial charge in [-0.2, -0.15) is 0 Å². The average molecular weight is 431 g/mol. The standard InChI is InChI=1S/C24H31ClN2O3/c1-15(28)18-8-6-7-9-20(18)30-21-11-10-16(12-19(21)25)22(29)26-17-13-23(2,3)27-24(4,5)14-17/h6-12,15,17,27-28H,13-14H2,1-5H3,(H,26,29). The number of halogens is 1. The molecule has 2 aromatic carbocycles. The molecule has 1 aliphatic rings. The predicted molar refractivity (Wildman–Crippen MR) is 120 cm³/mol. The minimum atomic E-state index is -0.663. The van der Waals surface area contributed by atoms with Crippen LogP contribution in [0.1, 0.15) is 69.5 Å². The fraction of sp³-hybridized carbons (Fsp3) is 0.458. The molecule has 5 nitrogen and oxygen atoms in total. The van der Waals surface area contributed by atoms with E-state index in [4.69, 9.17) is 16.3 Å². The number of carbonyl (C=O) groups excluding carboxylic acids is 1. The van der Waals surface area contributed by atoms with Crippen LogP contribution in [0.3, 0.4) is 0 Å². The highest BCUT2D eigenvalue weighted by Crippen LogP contribution is 2.34. The highest BCUT2D eigenvalue weighted by Gasteiger charge is 2.38. The van der Waals surface area contributed by atoms with Gasteiger partial charge in [-0.3, -0.25) is 4.79 Å². The van der Waals surface area contributed by atoms with Crippen LogP contribution >= 0.6 is 11.6 Å². The Labute approximate surface area is 183 Å². The molecule has 1 heterocycles. The third-order valence-corrected chi connectivity index (χ3v) is 5.60. The fourth-order valence-electron chi connectivity index (χ4n) is 4.46. The van der Waals surface area contributed by atoms with Gasteiger partial charge in [0.15, 0.2) is 0 Å². The Balaban J connectivity index is 1.73. The maximum Gasteiger partial charge on any atom is 0.251 e. The summed E-state index contributed by atoms with van der Waals surface area (Å²) >= 11 is 6.41. The van der Waals surface area contributed by atoms with Gasteiger partial charge in [-0.25, -0.2) is 0 Å². The zero-order valence-corrected chi connectivity index (χ0v) is 19.0. The predicted octanol–water partition coefficient (Wildman–Crippen LogP) is 5.22. The lowest BCUT2D eigenvalue weighted by molar-refractivity contribution is 0.0873. The summed E-state index contributed by atoms with van der Waals surface area (Å²) in [6.07, 6.45) is 1.05. The van der Waals surface area contributed by atoms with Crippen molar-refractivity contribution in [2.45, 2.75) is 70.7 Å². The third-order valence-electron chi connectivity index (χ3n) is 5.31. The van der Waals surface area contributed by atoms with Gasteiger partial charge < -0.3 is 20.5 Å². The van der Waals surface area contributed by atoms with Crippen molar-refractivity contribution in [3.05, 3.63) is 58.6 Å². The second-order valence-corrected chi connectivity index (χ2v) is 9.84. The number of nitrogens with one attached hydrogen (secondary N) is 2. The molecule has 0 aromatic heterocycles. The van der Waals surface area contributed by atoms with Crippen LogP contribution in [0.4, 0.5) is 0 Å². The van der Waals surface area contributed by atoms with E-state index in [1.54, 1.807) is 37.3 Å². The molecule has 3 rings (SSSR count). The molecule has 30 heavy (non-hydrogen) atoms. The second-order valence-electron chi connectivity index (χ2n) is 9.43. The maximum atomic E-state index is 12.8. The first-order valence-electron chi connectivity index (χ1n) is 10.3. The van der Waals surface area contributed by atoms with Crippen molar-refractivity contribution in [2.24, 2.45) is 0 Å².